The van der Waals surface area contributed by atoms with E-state index < -0.39 is 6.10 Å². The van der Waals surface area contributed by atoms with Crippen LogP contribution in [0.4, 0.5) is 5.69 Å². The smallest absolute Gasteiger partial charge is 0.224 e. The monoisotopic (exact) mass is 261 g/mol. The van der Waals surface area contributed by atoms with Crippen molar-refractivity contribution in [2.75, 3.05) is 11.9 Å². The number of aliphatic hydroxyl groups excluding tert-OH is 1. The third-order valence-electron chi connectivity index (χ3n) is 3.91. The van der Waals surface area contributed by atoms with Gasteiger partial charge in [-0.05, 0) is 42.9 Å². The molecule has 102 valence electrons. The summed E-state index contributed by atoms with van der Waals surface area (Å²) in [6, 6.07) is 5.79. The molecule has 0 radical (unpaired) electrons. The number of carbonyl (C=O) groups is 1. The Labute approximate surface area is 112 Å². The number of anilines is 1. The van der Waals surface area contributed by atoms with Crippen LogP contribution in [0, 0.1) is 0 Å². The summed E-state index contributed by atoms with van der Waals surface area (Å²) >= 11 is 0. The van der Waals surface area contributed by atoms with Crippen LogP contribution < -0.4 is 5.32 Å². The maximum atomic E-state index is 11.5. The van der Waals surface area contributed by atoms with Crippen molar-refractivity contribution in [2.24, 2.45) is 0 Å². The quantitative estimate of drug-likeness (QED) is 0.857. The van der Waals surface area contributed by atoms with Crippen LogP contribution in [0.1, 0.15) is 42.9 Å². The average Bonchev–Trinajstić information content (AvgIpc) is 2.87. The van der Waals surface area contributed by atoms with Gasteiger partial charge >= 0.3 is 0 Å². The molecule has 2 aliphatic heterocycles. The van der Waals surface area contributed by atoms with Crippen molar-refractivity contribution in [3.63, 3.8) is 0 Å². The van der Waals surface area contributed by atoms with Crippen molar-refractivity contribution < 1.29 is 14.6 Å². The van der Waals surface area contributed by atoms with Gasteiger partial charge in [-0.25, -0.2) is 0 Å². The highest BCUT2D eigenvalue weighted by atomic mass is 16.5. The zero-order chi connectivity index (χ0) is 13.2. The van der Waals surface area contributed by atoms with E-state index in [-0.39, 0.29) is 12.0 Å². The summed E-state index contributed by atoms with van der Waals surface area (Å²) in [7, 11) is 0. The second-order valence-corrected chi connectivity index (χ2v) is 5.31. The molecule has 1 fully saturated rings. The average molecular weight is 261 g/mol. The first kappa shape index (κ1) is 12.6. The van der Waals surface area contributed by atoms with Gasteiger partial charge in [0.1, 0.15) is 6.10 Å². The number of aliphatic hydroxyl groups is 1. The highest BCUT2D eigenvalue weighted by molar-refractivity contribution is 5.92. The van der Waals surface area contributed by atoms with Gasteiger partial charge < -0.3 is 15.2 Å². The highest BCUT2D eigenvalue weighted by Gasteiger charge is 2.26. The Morgan fingerprint density at radius 1 is 1.32 bits per heavy atom. The summed E-state index contributed by atoms with van der Waals surface area (Å²) in [5.74, 6) is 0.0752. The topological polar surface area (TPSA) is 58.6 Å². The summed E-state index contributed by atoms with van der Waals surface area (Å²) in [5.41, 5.74) is 2.88. The van der Waals surface area contributed by atoms with Crippen LogP contribution in [0.2, 0.25) is 0 Å². The molecule has 2 aliphatic rings. The first-order valence-electron chi connectivity index (χ1n) is 6.96. The van der Waals surface area contributed by atoms with Crippen molar-refractivity contribution in [2.45, 2.75) is 44.3 Å². The van der Waals surface area contributed by atoms with Gasteiger partial charge in [-0.3, -0.25) is 4.79 Å². The third-order valence-corrected chi connectivity index (χ3v) is 3.91. The van der Waals surface area contributed by atoms with Crippen LogP contribution in [0.3, 0.4) is 0 Å². The zero-order valence-corrected chi connectivity index (χ0v) is 10.9. The number of aryl methyl sites for hydroxylation is 1. The fourth-order valence-electron chi connectivity index (χ4n) is 2.84. The number of hydrogen-bond donors (Lipinski definition) is 2. The van der Waals surface area contributed by atoms with Gasteiger partial charge in [0.15, 0.2) is 0 Å². The van der Waals surface area contributed by atoms with E-state index in [4.69, 9.17) is 4.74 Å². The molecule has 1 aromatic carbocycles. The van der Waals surface area contributed by atoms with E-state index in [2.05, 4.69) is 5.32 Å². The molecule has 1 saturated heterocycles. The van der Waals surface area contributed by atoms with Crippen LogP contribution in [0.15, 0.2) is 18.2 Å². The normalized spacial score (nSPS) is 24.5. The Morgan fingerprint density at radius 3 is 3.00 bits per heavy atom. The van der Waals surface area contributed by atoms with E-state index in [9.17, 15) is 9.90 Å². The fourth-order valence-corrected chi connectivity index (χ4v) is 2.84. The Morgan fingerprint density at radius 2 is 2.21 bits per heavy atom. The predicted molar refractivity (Wildman–Crippen MR) is 71.9 cm³/mol. The number of carbonyl (C=O) groups excluding carboxylic acids is 1. The van der Waals surface area contributed by atoms with Gasteiger partial charge in [-0.2, -0.15) is 0 Å². The summed E-state index contributed by atoms with van der Waals surface area (Å²) in [6.07, 6.45) is 3.58. The van der Waals surface area contributed by atoms with Crippen molar-refractivity contribution in [1.82, 2.24) is 0 Å². The largest absolute Gasteiger partial charge is 0.386 e. The predicted octanol–water partition coefficient (Wildman–Crippen LogP) is 2.17. The highest BCUT2D eigenvalue weighted by Crippen LogP contribution is 2.30. The number of ether oxygens (including phenoxy) is 1. The second-order valence-electron chi connectivity index (χ2n) is 5.31. The SMILES string of the molecule is O=C1CCCc2cc(C(O)C3CCCO3)ccc2N1. The molecule has 0 bridgehead atoms. The fraction of sp³-hybridized carbons (Fsp3) is 0.533. The first-order valence-corrected chi connectivity index (χ1v) is 6.96. The molecule has 3 rings (SSSR count). The lowest BCUT2D eigenvalue weighted by molar-refractivity contribution is -0.116. The lowest BCUT2D eigenvalue weighted by Gasteiger charge is -2.19. The summed E-state index contributed by atoms with van der Waals surface area (Å²) in [6.45, 7) is 0.739. The molecule has 0 spiro atoms. The van der Waals surface area contributed by atoms with E-state index in [1.807, 2.05) is 18.2 Å². The van der Waals surface area contributed by atoms with E-state index >= 15 is 0 Å². The molecule has 2 heterocycles. The van der Waals surface area contributed by atoms with E-state index in [1.165, 1.54) is 0 Å². The maximum absolute atomic E-state index is 11.5. The minimum Gasteiger partial charge on any atom is -0.386 e. The summed E-state index contributed by atoms with van der Waals surface area (Å²) in [5, 5.41) is 13.2. The van der Waals surface area contributed by atoms with Gasteiger partial charge in [-0.1, -0.05) is 12.1 Å². The van der Waals surface area contributed by atoms with Gasteiger partial charge in [0.05, 0.1) is 6.10 Å². The van der Waals surface area contributed by atoms with Gasteiger partial charge in [-0.15, -0.1) is 0 Å². The Balaban J connectivity index is 1.84. The maximum Gasteiger partial charge on any atom is 0.224 e. The van der Waals surface area contributed by atoms with Gasteiger partial charge in [0.25, 0.3) is 0 Å². The molecule has 2 unspecified atom stereocenters. The first-order chi connectivity index (χ1) is 9.24. The van der Waals surface area contributed by atoms with Crippen molar-refractivity contribution >= 4 is 11.6 Å². The molecule has 0 aromatic heterocycles. The van der Waals surface area contributed by atoms with E-state index in [0.717, 1.165) is 49.1 Å². The Kier molecular flexibility index (Phi) is 3.53. The van der Waals surface area contributed by atoms with Crippen LogP contribution in [0.5, 0.6) is 0 Å². The van der Waals surface area contributed by atoms with Crippen LogP contribution in [-0.4, -0.2) is 23.7 Å². The number of fused-ring (bicyclic) bond motifs is 1. The standard InChI is InChI=1S/C15H19NO3/c17-14-5-1-3-10-9-11(6-7-12(10)16-14)15(18)13-4-2-8-19-13/h6-7,9,13,15,18H,1-5,8H2,(H,16,17). The molecule has 2 N–H and O–H groups in total. The van der Waals surface area contributed by atoms with Gasteiger partial charge in [0, 0.05) is 18.7 Å². The lowest BCUT2D eigenvalue weighted by atomic mass is 9.98. The molecule has 0 aliphatic carbocycles. The van der Waals surface area contributed by atoms with E-state index in [0.29, 0.717) is 6.42 Å². The number of rotatable bonds is 2. The van der Waals surface area contributed by atoms with Gasteiger partial charge in [0.2, 0.25) is 5.91 Å². The molecule has 1 amide bonds. The summed E-state index contributed by atoms with van der Waals surface area (Å²) < 4.78 is 5.54. The van der Waals surface area contributed by atoms with Crippen molar-refractivity contribution in [1.29, 1.82) is 0 Å². The third kappa shape index (κ3) is 2.65. The molecule has 4 heteroatoms. The number of amides is 1. The summed E-state index contributed by atoms with van der Waals surface area (Å²) in [4.78, 5) is 11.5. The molecule has 1 aromatic rings. The molecule has 0 saturated carbocycles. The van der Waals surface area contributed by atoms with Crippen LogP contribution in [0.25, 0.3) is 0 Å². The van der Waals surface area contributed by atoms with Crippen LogP contribution in [-0.2, 0) is 16.0 Å². The van der Waals surface area contributed by atoms with Crippen molar-refractivity contribution in [3.8, 4) is 0 Å². The minimum absolute atomic E-state index is 0.0752. The molecule has 19 heavy (non-hydrogen) atoms. The van der Waals surface area contributed by atoms with E-state index in [1.54, 1.807) is 0 Å². The number of hydrogen-bond acceptors (Lipinski definition) is 3. The minimum atomic E-state index is -0.563. The number of benzene rings is 1. The molecule has 2 atom stereocenters. The molecular formula is C15H19NO3. The molecular weight excluding hydrogens is 242 g/mol. The van der Waals surface area contributed by atoms with Crippen molar-refractivity contribution in [3.05, 3.63) is 29.3 Å². The lowest BCUT2D eigenvalue weighted by Crippen LogP contribution is -2.17. The second kappa shape index (κ2) is 5.31. The Bertz CT molecular complexity index is 480. The molecule has 4 nitrogen and oxygen atoms in total. The van der Waals surface area contributed by atoms with Crippen LogP contribution >= 0.6 is 0 Å². The Hall–Kier alpha value is -1.39. The number of nitrogens with one attached hydrogen (secondary N) is 1. The zero-order valence-electron chi connectivity index (χ0n) is 10.9.